The molecule has 0 unspecified atom stereocenters. The van der Waals surface area contributed by atoms with Gasteiger partial charge in [-0.1, -0.05) is 12.1 Å². The molecule has 0 fully saturated rings. The van der Waals surface area contributed by atoms with E-state index in [-0.39, 0.29) is 0 Å². The van der Waals surface area contributed by atoms with Crippen molar-refractivity contribution in [2.45, 2.75) is 6.54 Å². The first kappa shape index (κ1) is 10.5. The third-order valence-corrected chi connectivity index (χ3v) is 4.19. The van der Waals surface area contributed by atoms with Gasteiger partial charge in [-0.15, -0.1) is 0 Å². The normalized spacial score (nSPS) is 10.8. The van der Waals surface area contributed by atoms with Crippen LogP contribution in [0.5, 0.6) is 0 Å². The molecule has 0 atom stereocenters. The number of rotatable bonds is 2. The van der Waals surface area contributed by atoms with Crippen LogP contribution in [0, 0.1) is 3.57 Å². The van der Waals surface area contributed by atoms with Gasteiger partial charge in [0.15, 0.2) is 0 Å². The molecule has 66 valence electrons. The maximum Gasteiger partial charge on any atom is 0.0317 e. The molecule has 0 radical (unpaired) electrons. The van der Waals surface area contributed by atoms with Crippen molar-refractivity contribution in [1.29, 1.82) is 0 Å². The minimum Gasteiger partial charge on any atom is -0.305 e. The molecule has 0 saturated heterocycles. The molecule has 1 rings (SSSR count). The van der Waals surface area contributed by atoms with Gasteiger partial charge < -0.3 is 4.90 Å². The Morgan fingerprint density at radius 3 is 2.67 bits per heavy atom. The Labute approximate surface area is 95.4 Å². The molecular formula is C9H11BrIN. The van der Waals surface area contributed by atoms with Gasteiger partial charge in [-0.05, 0) is 64.2 Å². The van der Waals surface area contributed by atoms with Crippen molar-refractivity contribution in [3.63, 3.8) is 0 Å². The Kier molecular flexibility index (Phi) is 3.99. The predicted octanol–water partition coefficient (Wildman–Crippen LogP) is 3.12. The second-order valence-electron chi connectivity index (χ2n) is 2.95. The molecule has 0 aliphatic heterocycles. The van der Waals surface area contributed by atoms with Crippen LogP contribution in [-0.2, 0) is 6.54 Å². The van der Waals surface area contributed by atoms with Gasteiger partial charge in [0.2, 0.25) is 0 Å². The lowest BCUT2D eigenvalue weighted by Crippen LogP contribution is -2.11. The zero-order valence-corrected chi connectivity index (χ0v) is 10.9. The molecule has 0 amide bonds. The quantitative estimate of drug-likeness (QED) is 0.748. The topological polar surface area (TPSA) is 3.24 Å². The Morgan fingerprint density at radius 1 is 1.42 bits per heavy atom. The molecule has 1 nitrogen and oxygen atoms in total. The zero-order valence-electron chi connectivity index (χ0n) is 7.14. The summed E-state index contributed by atoms with van der Waals surface area (Å²) in [7, 11) is 4.16. The standard InChI is InChI=1S/C9H11BrIN/c1-12(2)6-7-4-3-5-8(10)9(7)11/h3-5H,6H2,1-2H3. The van der Waals surface area contributed by atoms with E-state index in [0.717, 1.165) is 6.54 Å². The fraction of sp³-hybridized carbons (Fsp3) is 0.333. The first-order chi connectivity index (χ1) is 5.61. The van der Waals surface area contributed by atoms with Crippen molar-refractivity contribution in [3.05, 3.63) is 31.8 Å². The molecule has 1 aromatic carbocycles. The van der Waals surface area contributed by atoms with E-state index in [1.54, 1.807) is 0 Å². The average molecular weight is 340 g/mol. The minimum absolute atomic E-state index is 0.998. The Balaban J connectivity index is 2.92. The second kappa shape index (κ2) is 4.58. The average Bonchev–Trinajstić information content (AvgIpc) is 1.98. The maximum atomic E-state index is 3.51. The predicted molar refractivity (Wildman–Crippen MR) is 64.3 cm³/mol. The summed E-state index contributed by atoms with van der Waals surface area (Å²) >= 11 is 5.87. The lowest BCUT2D eigenvalue weighted by molar-refractivity contribution is 0.401. The van der Waals surface area contributed by atoms with Crippen molar-refractivity contribution in [1.82, 2.24) is 4.90 Å². The van der Waals surface area contributed by atoms with E-state index in [4.69, 9.17) is 0 Å². The number of hydrogen-bond acceptors (Lipinski definition) is 1. The molecule has 1 aromatic rings. The fourth-order valence-electron chi connectivity index (χ4n) is 1.01. The summed E-state index contributed by atoms with van der Waals surface area (Å²) in [4.78, 5) is 2.17. The Morgan fingerprint density at radius 2 is 2.08 bits per heavy atom. The van der Waals surface area contributed by atoms with Crippen molar-refractivity contribution in [3.8, 4) is 0 Å². The van der Waals surface area contributed by atoms with Crippen molar-refractivity contribution in [2.75, 3.05) is 14.1 Å². The van der Waals surface area contributed by atoms with Crippen LogP contribution in [0.15, 0.2) is 22.7 Å². The van der Waals surface area contributed by atoms with E-state index in [2.05, 4.69) is 75.7 Å². The van der Waals surface area contributed by atoms with Gasteiger partial charge >= 0.3 is 0 Å². The van der Waals surface area contributed by atoms with Gasteiger partial charge in [-0.25, -0.2) is 0 Å². The van der Waals surface area contributed by atoms with Crippen LogP contribution in [0.2, 0.25) is 0 Å². The van der Waals surface area contributed by atoms with E-state index in [9.17, 15) is 0 Å². The van der Waals surface area contributed by atoms with E-state index >= 15 is 0 Å². The molecule has 0 saturated carbocycles. The third kappa shape index (κ3) is 2.71. The smallest absolute Gasteiger partial charge is 0.0317 e. The molecule has 0 bridgehead atoms. The highest BCUT2D eigenvalue weighted by molar-refractivity contribution is 14.1. The van der Waals surface area contributed by atoms with Gasteiger partial charge in [0.1, 0.15) is 0 Å². The fourth-order valence-corrected chi connectivity index (χ4v) is 1.95. The van der Waals surface area contributed by atoms with E-state index in [1.165, 1.54) is 13.6 Å². The molecule has 0 aliphatic rings. The first-order valence-corrected chi connectivity index (χ1v) is 5.56. The molecular weight excluding hydrogens is 329 g/mol. The lowest BCUT2D eigenvalue weighted by atomic mass is 10.2. The van der Waals surface area contributed by atoms with Gasteiger partial charge in [-0.2, -0.15) is 0 Å². The highest BCUT2D eigenvalue weighted by atomic mass is 127. The Hall–Kier alpha value is 0.390. The van der Waals surface area contributed by atoms with Gasteiger partial charge in [-0.3, -0.25) is 0 Å². The summed E-state index contributed by atoms with van der Waals surface area (Å²) in [5.74, 6) is 0. The SMILES string of the molecule is CN(C)Cc1cccc(Br)c1I. The van der Waals surface area contributed by atoms with E-state index in [1.807, 2.05) is 0 Å². The van der Waals surface area contributed by atoms with Crippen LogP contribution < -0.4 is 0 Å². The first-order valence-electron chi connectivity index (χ1n) is 3.69. The molecule has 3 heteroatoms. The van der Waals surface area contributed by atoms with E-state index in [0.29, 0.717) is 0 Å². The summed E-state index contributed by atoms with van der Waals surface area (Å²) in [6, 6.07) is 6.30. The maximum absolute atomic E-state index is 3.51. The number of nitrogens with zero attached hydrogens (tertiary/aromatic N) is 1. The Bertz CT molecular complexity index is 273. The van der Waals surface area contributed by atoms with Gasteiger partial charge in [0, 0.05) is 14.6 Å². The van der Waals surface area contributed by atoms with Crippen molar-refractivity contribution >= 4 is 38.5 Å². The monoisotopic (exact) mass is 339 g/mol. The number of halogens is 2. The molecule has 12 heavy (non-hydrogen) atoms. The minimum atomic E-state index is 0.998. The van der Waals surface area contributed by atoms with Gasteiger partial charge in [0.05, 0.1) is 0 Å². The summed E-state index contributed by atoms with van der Waals surface area (Å²) in [6.45, 7) is 0.998. The summed E-state index contributed by atoms with van der Waals surface area (Å²) in [6.07, 6.45) is 0. The van der Waals surface area contributed by atoms with Crippen LogP contribution in [0.1, 0.15) is 5.56 Å². The number of benzene rings is 1. The lowest BCUT2D eigenvalue weighted by Gasteiger charge is -2.11. The highest BCUT2D eigenvalue weighted by Gasteiger charge is 2.03. The molecule has 0 aromatic heterocycles. The van der Waals surface area contributed by atoms with Crippen molar-refractivity contribution < 1.29 is 0 Å². The molecule has 0 aliphatic carbocycles. The van der Waals surface area contributed by atoms with Crippen LogP contribution >= 0.6 is 38.5 Å². The molecule has 0 heterocycles. The number of hydrogen-bond donors (Lipinski definition) is 0. The van der Waals surface area contributed by atoms with Crippen LogP contribution in [0.4, 0.5) is 0 Å². The van der Waals surface area contributed by atoms with Gasteiger partial charge in [0.25, 0.3) is 0 Å². The van der Waals surface area contributed by atoms with E-state index < -0.39 is 0 Å². The summed E-state index contributed by atoms with van der Waals surface area (Å²) in [5, 5.41) is 0. The molecule has 0 spiro atoms. The second-order valence-corrected chi connectivity index (χ2v) is 4.88. The largest absolute Gasteiger partial charge is 0.305 e. The van der Waals surface area contributed by atoms with Crippen LogP contribution in [-0.4, -0.2) is 19.0 Å². The third-order valence-electron chi connectivity index (χ3n) is 1.52. The zero-order chi connectivity index (χ0) is 9.14. The summed E-state index contributed by atoms with van der Waals surface area (Å²) in [5.41, 5.74) is 1.37. The van der Waals surface area contributed by atoms with Crippen molar-refractivity contribution in [2.24, 2.45) is 0 Å². The molecule has 0 N–H and O–H groups in total. The highest BCUT2D eigenvalue weighted by Crippen LogP contribution is 2.22. The summed E-state index contributed by atoms with van der Waals surface area (Å²) < 4.78 is 2.49. The van der Waals surface area contributed by atoms with Crippen LogP contribution in [0.3, 0.4) is 0 Å². The van der Waals surface area contributed by atoms with Crippen LogP contribution in [0.25, 0.3) is 0 Å².